The first kappa shape index (κ1) is 17.2. The van der Waals surface area contributed by atoms with Crippen LogP contribution in [-0.4, -0.2) is 46.3 Å². The molecule has 1 fully saturated rings. The summed E-state index contributed by atoms with van der Waals surface area (Å²) in [6.45, 7) is 3.97. The van der Waals surface area contributed by atoms with Crippen molar-refractivity contribution in [2.75, 3.05) is 19.7 Å². The number of likely N-dealkylation sites (tertiary alicyclic amines) is 1. The number of hydrogen-bond donors (Lipinski definition) is 0. The van der Waals surface area contributed by atoms with Crippen LogP contribution < -0.4 is 0 Å². The summed E-state index contributed by atoms with van der Waals surface area (Å²) in [6, 6.07) is 9.46. The van der Waals surface area contributed by atoms with Crippen LogP contribution in [0.25, 0.3) is 0 Å². The number of esters is 1. The van der Waals surface area contributed by atoms with Gasteiger partial charge < -0.3 is 9.64 Å². The fraction of sp³-hybridized carbons (Fsp3) is 0.421. The van der Waals surface area contributed by atoms with E-state index in [0.29, 0.717) is 31.8 Å². The predicted molar refractivity (Wildman–Crippen MR) is 93.0 cm³/mol. The lowest BCUT2D eigenvalue weighted by molar-refractivity contribution is -0.149. The summed E-state index contributed by atoms with van der Waals surface area (Å²) in [5.41, 5.74) is 1.73. The first-order chi connectivity index (χ1) is 12.2. The molecule has 2 aromatic rings. The molecule has 6 heteroatoms. The van der Waals surface area contributed by atoms with Gasteiger partial charge in [0.2, 0.25) is 0 Å². The molecule has 6 nitrogen and oxygen atoms in total. The van der Waals surface area contributed by atoms with Crippen LogP contribution in [0.5, 0.6) is 0 Å². The predicted octanol–water partition coefficient (Wildman–Crippen LogP) is 2.35. The van der Waals surface area contributed by atoms with Crippen molar-refractivity contribution in [1.29, 1.82) is 0 Å². The van der Waals surface area contributed by atoms with Crippen molar-refractivity contribution in [3.05, 3.63) is 53.9 Å². The van der Waals surface area contributed by atoms with Gasteiger partial charge >= 0.3 is 5.97 Å². The van der Waals surface area contributed by atoms with Crippen molar-refractivity contribution in [1.82, 2.24) is 14.7 Å². The number of carbonyl (C=O) groups is 2. The van der Waals surface area contributed by atoms with Gasteiger partial charge in [0, 0.05) is 31.0 Å². The van der Waals surface area contributed by atoms with Crippen LogP contribution in [0.1, 0.15) is 35.7 Å². The lowest BCUT2D eigenvalue weighted by Crippen LogP contribution is -2.42. The van der Waals surface area contributed by atoms with E-state index in [1.54, 1.807) is 18.0 Å². The number of nitrogens with zero attached hydrogens (tertiary/aromatic N) is 3. The fourth-order valence-corrected chi connectivity index (χ4v) is 3.13. The normalized spacial score (nSPS) is 17.3. The highest BCUT2D eigenvalue weighted by Crippen LogP contribution is 2.20. The highest BCUT2D eigenvalue weighted by atomic mass is 16.5. The summed E-state index contributed by atoms with van der Waals surface area (Å²) in [7, 11) is 0. The lowest BCUT2D eigenvalue weighted by Gasteiger charge is -2.31. The van der Waals surface area contributed by atoms with Crippen LogP contribution in [0, 0.1) is 5.92 Å². The van der Waals surface area contributed by atoms with Gasteiger partial charge in [0.1, 0.15) is 0 Å². The minimum Gasteiger partial charge on any atom is -0.466 e. The van der Waals surface area contributed by atoms with Gasteiger partial charge in [0.15, 0.2) is 0 Å². The summed E-state index contributed by atoms with van der Waals surface area (Å²) >= 11 is 0. The summed E-state index contributed by atoms with van der Waals surface area (Å²) in [6.07, 6.45) is 5.26. The van der Waals surface area contributed by atoms with Crippen LogP contribution in [0.3, 0.4) is 0 Å². The molecule has 132 valence electrons. The van der Waals surface area contributed by atoms with Gasteiger partial charge in [-0.25, -0.2) is 0 Å². The number of amides is 1. The molecule has 0 saturated carbocycles. The Balaban J connectivity index is 1.63. The summed E-state index contributed by atoms with van der Waals surface area (Å²) < 4.78 is 6.93. The topological polar surface area (TPSA) is 64.4 Å². The van der Waals surface area contributed by atoms with Crippen LogP contribution in [0.4, 0.5) is 0 Å². The third-order valence-electron chi connectivity index (χ3n) is 4.43. The number of hydrogen-bond acceptors (Lipinski definition) is 4. The molecule has 3 rings (SSSR count). The van der Waals surface area contributed by atoms with Gasteiger partial charge in [0.05, 0.1) is 19.1 Å². The quantitative estimate of drug-likeness (QED) is 0.783. The number of piperidine rings is 1. The zero-order chi connectivity index (χ0) is 17.6. The lowest BCUT2D eigenvalue weighted by atomic mass is 9.97. The minimum atomic E-state index is -0.211. The molecule has 1 aromatic carbocycles. The SMILES string of the molecule is CCOC(=O)C1CCCN(C(=O)c2ccc(Cn3cccn3)cc2)C1. The third-order valence-corrected chi connectivity index (χ3v) is 4.43. The Morgan fingerprint density at radius 3 is 2.76 bits per heavy atom. The highest BCUT2D eigenvalue weighted by Gasteiger charge is 2.29. The first-order valence-electron chi connectivity index (χ1n) is 8.69. The van der Waals surface area contributed by atoms with Gasteiger partial charge in [-0.2, -0.15) is 5.10 Å². The van der Waals surface area contributed by atoms with Crippen LogP contribution in [0.15, 0.2) is 42.7 Å². The Morgan fingerprint density at radius 1 is 1.28 bits per heavy atom. The summed E-state index contributed by atoms with van der Waals surface area (Å²) in [5.74, 6) is -0.439. The Labute approximate surface area is 147 Å². The first-order valence-corrected chi connectivity index (χ1v) is 8.69. The molecule has 0 N–H and O–H groups in total. The van der Waals surface area contributed by atoms with Gasteiger partial charge in [-0.1, -0.05) is 12.1 Å². The van der Waals surface area contributed by atoms with Crippen molar-refractivity contribution in [2.45, 2.75) is 26.3 Å². The van der Waals surface area contributed by atoms with E-state index < -0.39 is 0 Å². The molecule has 1 aromatic heterocycles. The van der Waals surface area contributed by atoms with E-state index in [0.717, 1.165) is 18.4 Å². The molecule has 0 bridgehead atoms. The third kappa shape index (κ3) is 4.26. The average molecular weight is 341 g/mol. The molecule has 2 heterocycles. The second-order valence-corrected chi connectivity index (χ2v) is 6.24. The smallest absolute Gasteiger partial charge is 0.310 e. The number of rotatable bonds is 5. The average Bonchev–Trinajstić information content (AvgIpc) is 3.15. The molecule has 1 aliphatic heterocycles. The van der Waals surface area contributed by atoms with Crippen molar-refractivity contribution < 1.29 is 14.3 Å². The maximum absolute atomic E-state index is 12.7. The number of aromatic nitrogens is 2. The van der Waals surface area contributed by atoms with Gasteiger partial charge in [0.25, 0.3) is 5.91 Å². The van der Waals surface area contributed by atoms with Gasteiger partial charge in [-0.05, 0) is 43.5 Å². The molecular weight excluding hydrogens is 318 g/mol. The van der Waals surface area contributed by atoms with Crippen LogP contribution in [-0.2, 0) is 16.1 Å². The number of carbonyl (C=O) groups excluding carboxylic acids is 2. The number of benzene rings is 1. The number of ether oxygens (including phenoxy) is 1. The largest absolute Gasteiger partial charge is 0.466 e. The standard InChI is InChI=1S/C19H23N3O3/c1-2-25-19(24)17-5-3-11-21(14-17)18(23)16-8-6-15(7-9-16)13-22-12-4-10-20-22/h4,6-10,12,17H,2-3,5,11,13-14H2,1H3. The monoisotopic (exact) mass is 341 g/mol. The van der Waals surface area contributed by atoms with E-state index in [4.69, 9.17) is 4.74 Å². The van der Waals surface area contributed by atoms with E-state index in [9.17, 15) is 9.59 Å². The maximum atomic E-state index is 12.7. The molecule has 0 aliphatic carbocycles. The molecule has 1 aliphatic rings. The second-order valence-electron chi connectivity index (χ2n) is 6.24. The van der Waals surface area contributed by atoms with E-state index in [-0.39, 0.29) is 17.8 Å². The zero-order valence-corrected chi connectivity index (χ0v) is 14.4. The van der Waals surface area contributed by atoms with Crippen molar-refractivity contribution in [3.63, 3.8) is 0 Å². The van der Waals surface area contributed by atoms with Crippen molar-refractivity contribution in [2.24, 2.45) is 5.92 Å². The fourth-order valence-electron chi connectivity index (χ4n) is 3.13. The van der Waals surface area contributed by atoms with Gasteiger partial charge in [-0.3, -0.25) is 14.3 Å². The summed E-state index contributed by atoms with van der Waals surface area (Å²) in [5, 5.41) is 4.18. The van der Waals surface area contributed by atoms with Crippen molar-refractivity contribution >= 4 is 11.9 Å². The van der Waals surface area contributed by atoms with Crippen molar-refractivity contribution in [3.8, 4) is 0 Å². The Morgan fingerprint density at radius 2 is 2.08 bits per heavy atom. The second kappa shape index (κ2) is 7.96. The van der Waals surface area contributed by atoms with Gasteiger partial charge in [-0.15, -0.1) is 0 Å². The van der Waals surface area contributed by atoms with Crippen LogP contribution in [0.2, 0.25) is 0 Å². The molecular formula is C19H23N3O3. The molecule has 1 amide bonds. The molecule has 1 atom stereocenters. The van der Waals surface area contributed by atoms with E-state index in [1.165, 1.54) is 0 Å². The molecule has 1 saturated heterocycles. The Bertz CT molecular complexity index is 710. The zero-order valence-electron chi connectivity index (χ0n) is 14.4. The summed E-state index contributed by atoms with van der Waals surface area (Å²) in [4.78, 5) is 26.4. The minimum absolute atomic E-state index is 0.0281. The van der Waals surface area contributed by atoms with E-state index >= 15 is 0 Å². The maximum Gasteiger partial charge on any atom is 0.310 e. The Hall–Kier alpha value is -2.63. The molecule has 0 radical (unpaired) electrons. The molecule has 1 unspecified atom stereocenters. The van der Waals surface area contributed by atoms with E-state index in [2.05, 4.69) is 5.10 Å². The highest BCUT2D eigenvalue weighted by molar-refractivity contribution is 5.94. The molecule has 25 heavy (non-hydrogen) atoms. The van der Waals surface area contributed by atoms with E-state index in [1.807, 2.05) is 41.2 Å². The Kier molecular flexibility index (Phi) is 5.48. The van der Waals surface area contributed by atoms with Crippen LogP contribution >= 0.6 is 0 Å². The molecule has 0 spiro atoms.